The largest absolute Gasteiger partial charge is 0.444 e. The third-order valence-corrected chi connectivity index (χ3v) is 10.4. The minimum Gasteiger partial charge on any atom is -0.444 e. The zero-order chi connectivity index (χ0) is 30.4. The number of carbonyl (C=O) groups is 5. The van der Waals surface area contributed by atoms with E-state index in [0.717, 1.165) is 43.5 Å². The fourth-order valence-electron chi connectivity index (χ4n) is 8.13. The molecule has 2 saturated heterocycles. The van der Waals surface area contributed by atoms with Crippen LogP contribution in [0.5, 0.6) is 0 Å². The zero-order valence-electron chi connectivity index (χ0n) is 25.0. The molecule has 4 saturated carbocycles. The Balaban J connectivity index is 0.932. The lowest BCUT2D eigenvalue weighted by atomic mass is 9.39. The second-order valence-electron chi connectivity index (χ2n) is 14.6. The molecule has 1 spiro atoms. The number of rotatable bonds is 3. The molecule has 5 amide bonds. The first-order chi connectivity index (χ1) is 20.3. The highest BCUT2D eigenvalue weighted by Gasteiger charge is 2.73. The molecule has 2 atom stereocenters. The van der Waals surface area contributed by atoms with Crippen LogP contribution in [0.4, 0.5) is 4.79 Å². The number of hydrogen-bond acceptors (Lipinski definition) is 6. The first-order valence-corrected chi connectivity index (χ1v) is 15.4. The van der Waals surface area contributed by atoms with Crippen LogP contribution in [0.3, 0.4) is 0 Å². The van der Waals surface area contributed by atoms with Crippen molar-refractivity contribution in [2.24, 2.45) is 16.7 Å². The Hall–Kier alpha value is -3.87. The molecule has 1 aromatic carbocycles. The molecular formula is C33H38N4O6. The SMILES string of the molecule is CC(C)(C)OC(=O)NC12CC(C(=O)N3CCC4(CC3)C[C@@H]4C#Cc3cccc4c3CN(C3CCC(=O)NC3=O)C4=O)(C1)C2. The molecule has 4 aliphatic carbocycles. The lowest BCUT2D eigenvalue weighted by Crippen LogP contribution is -2.78. The van der Waals surface area contributed by atoms with Crippen molar-refractivity contribution in [2.75, 3.05) is 13.1 Å². The summed E-state index contributed by atoms with van der Waals surface area (Å²) in [6.07, 6.45) is 5.12. The van der Waals surface area contributed by atoms with Crippen LogP contribution in [0, 0.1) is 28.6 Å². The van der Waals surface area contributed by atoms with Gasteiger partial charge < -0.3 is 19.9 Å². The Morgan fingerprint density at radius 3 is 2.49 bits per heavy atom. The fraction of sp³-hybridized carbons (Fsp3) is 0.606. The highest BCUT2D eigenvalue weighted by Crippen LogP contribution is 2.68. The Labute approximate surface area is 251 Å². The average molecular weight is 587 g/mol. The van der Waals surface area contributed by atoms with Crippen molar-refractivity contribution in [1.29, 1.82) is 0 Å². The molecule has 1 unspecified atom stereocenters. The van der Waals surface area contributed by atoms with E-state index < -0.39 is 23.6 Å². The molecule has 2 bridgehead atoms. The number of carbonyl (C=O) groups excluding carboxylic acids is 5. The maximum absolute atomic E-state index is 13.4. The molecule has 226 valence electrons. The number of imide groups is 1. The number of fused-ring (bicyclic) bond motifs is 1. The standard InChI is InChI=1S/C33H38N4O6/c1-30(2,3)43-29(42)35-33-17-32(18-33,19-33)28(41)36-13-11-31(12-14-36)15-21(31)8-7-20-5-4-6-22-23(20)16-37(27(22)40)24-9-10-25(38)34-26(24)39/h4-6,21,24H,9-19H2,1-3H3,(H,35,42)(H,34,38,39)/t21-,24?,32?,33?/m0/s1. The Bertz CT molecular complexity index is 1500. The Morgan fingerprint density at radius 1 is 1.09 bits per heavy atom. The number of nitrogens with zero attached hydrogens (tertiary/aromatic N) is 2. The lowest BCUT2D eigenvalue weighted by Gasteiger charge is -2.69. The van der Waals surface area contributed by atoms with Gasteiger partial charge in [0.05, 0.1) is 5.41 Å². The Kier molecular flexibility index (Phi) is 6.05. The van der Waals surface area contributed by atoms with E-state index in [1.54, 1.807) is 11.0 Å². The monoisotopic (exact) mass is 586 g/mol. The van der Waals surface area contributed by atoms with Gasteiger partial charge in [-0.15, -0.1) is 0 Å². The van der Waals surface area contributed by atoms with Crippen molar-refractivity contribution < 1.29 is 28.7 Å². The van der Waals surface area contributed by atoms with E-state index in [-0.39, 0.29) is 46.4 Å². The zero-order valence-corrected chi connectivity index (χ0v) is 25.0. The van der Waals surface area contributed by atoms with E-state index in [4.69, 9.17) is 4.74 Å². The molecule has 10 heteroatoms. The van der Waals surface area contributed by atoms with Crippen LogP contribution in [0.25, 0.3) is 0 Å². The van der Waals surface area contributed by atoms with E-state index in [1.807, 2.05) is 37.8 Å². The topological polar surface area (TPSA) is 125 Å². The maximum atomic E-state index is 13.4. The minimum atomic E-state index is -0.643. The van der Waals surface area contributed by atoms with E-state index in [0.29, 0.717) is 37.8 Å². The highest BCUT2D eigenvalue weighted by atomic mass is 16.6. The molecule has 43 heavy (non-hydrogen) atoms. The lowest BCUT2D eigenvalue weighted by molar-refractivity contribution is -0.191. The summed E-state index contributed by atoms with van der Waals surface area (Å²) in [6.45, 7) is 7.31. The first-order valence-electron chi connectivity index (χ1n) is 15.4. The van der Waals surface area contributed by atoms with Gasteiger partial charge in [-0.3, -0.25) is 24.5 Å². The van der Waals surface area contributed by atoms with Gasteiger partial charge in [0.15, 0.2) is 0 Å². The van der Waals surface area contributed by atoms with Gasteiger partial charge in [0, 0.05) is 48.6 Å². The molecule has 0 aromatic heterocycles. The van der Waals surface area contributed by atoms with Crippen molar-refractivity contribution in [3.63, 3.8) is 0 Å². The number of piperidine rings is 2. The summed E-state index contributed by atoms with van der Waals surface area (Å²) in [5, 5.41) is 5.34. The average Bonchev–Trinajstić information content (AvgIpc) is 3.45. The van der Waals surface area contributed by atoms with Crippen LogP contribution in [-0.2, 0) is 25.7 Å². The van der Waals surface area contributed by atoms with Crippen molar-refractivity contribution in [3.05, 3.63) is 34.9 Å². The molecular weight excluding hydrogens is 548 g/mol. The summed E-state index contributed by atoms with van der Waals surface area (Å²) in [5.41, 5.74) is 1.22. The minimum absolute atomic E-state index is 0.148. The number of likely N-dealkylation sites (tertiary alicyclic amines) is 1. The maximum Gasteiger partial charge on any atom is 0.408 e. The van der Waals surface area contributed by atoms with Gasteiger partial charge in [-0.05, 0) is 88.8 Å². The van der Waals surface area contributed by atoms with Crippen LogP contribution in [0.1, 0.15) is 93.6 Å². The van der Waals surface area contributed by atoms with Crippen molar-refractivity contribution in [2.45, 2.75) is 95.9 Å². The molecule has 3 aliphatic heterocycles. The van der Waals surface area contributed by atoms with Crippen LogP contribution in [-0.4, -0.2) is 69.8 Å². The van der Waals surface area contributed by atoms with Crippen LogP contribution >= 0.6 is 0 Å². The van der Waals surface area contributed by atoms with Gasteiger partial charge in [0.2, 0.25) is 17.7 Å². The molecule has 7 aliphatic rings. The number of amides is 5. The number of nitrogens with one attached hydrogen (secondary N) is 2. The van der Waals surface area contributed by atoms with Gasteiger partial charge in [-0.25, -0.2) is 4.79 Å². The van der Waals surface area contributed by atoms with Crippen LogP contribution < -0.4 is 10.6 Å². The third-order valence-electron chi connectivity index (χ3n) is 10.4. The fourth-order valence-corrected chi connectivity index (χ4v) is 8.13. The predicted molar refractivity (Wildman–Crippen MR) is 154 cm³/mol. The van der Waals surface area contributed by atoms with Gasteiger partial charge in [-0.1, -0.05) is 17.9 Å². The first kappa shape index (κ1) is 27.9. The number of hydrogen-bond donors (Lipinski definition) is 2. The van der Waals surface area contributed by atoms with Crippen molar-refractivity contribution >= 4 is 29.7 Å². The smallest absolute Gasteiger partial charge is 0.408 e. The number of benzene rings is 1. The normalized spacial score (nSPS) is 31.7. The van der Waals surface area contributed by atoms with E-state index in [9.17, 15) is 24.0 Å². The molecule has 3 heterocycles. The van der Waals surface area contributed by atoms with Crippen molar-refractivity contribution in [1.82, 2.24) is 20.4 Å². The number of ether oxygens (including phenoxy) is 1. The second-order valence-corrected chi connectivity index (χ2v) is 14.6. The van der Waals surface area contributed by atoms with Crippen molar-refractivity contribution in [3.8, 4) is 11.8 Å². The quantitative estimate of drug-likeness (QED) is 0.415. The van der Waals surface area contributed by atoms with Crippen LogP contribution in [0.15, 0.2) is 18.2 Å². The van der Waals surface area contributed by atoms with Gasteiger partial charge in [0.1, 0.15) is 11.6 Å². The summed E-state index contributed by atoms with van der Waals surface area (Å²) >= 11 is 0. The molecule has 10 nitrogen and oxygen atoms in total. The predicted octanol–water partition coefficient (Wildman–Crippen LogP) is 2.88. The van der Waals surface area contributed by atoms with E-state index in [2.05, 4.69) is 22.5 Å². The molecule has 1 aromatic rings. The molecule has 0 radical (unpaired) electrons. The highest BCUT2D eigenvalue weighted by molar-refractivity contribution is 6.05. The van der Waals surface area contributed by atoms with Gasteiger partial charge in [-0.2, -0.15) is 0 Å². The van der Waals surface area contributed by atoms with Gasteiger partial charge >= 0.3 is 6.09 Å². The number of alkyl carbamates (subject to hydrolysis) is 1. The molecule has 2 N–H and O–H groups in total. The second kappa shape index (κ2) is 9.31. The van der Waals surface area contributed by atoms with E-state index in [1.165, 1.54) is 0 Å². The molecule has 8 rings (SSSR count). The van der Waals surface area contributed by atoms with E-state index >= 15 is 0 Å². The van der Waals surface area contributed by atoms with Gasteiger partial charge in [0.25, 0.3) is 5.91 Å². The summed E-state index contributed by atoms with van der Waals surface area (Å²) in [4.78, 5) is 66.3. The summed E-state index contributed by atoms with van der Waals surface area (Å²) < 4.78 is 5.40. The summed E-state index contributed by atoms with van der Waals surface area (Å²) in [7, 11) is 0. The molecule has 6 fully saturated rings. The summed E-state index contributed by atoms with van der Waals surface area (Å²) in [5.74, 6) is 6.40. The van der Waals surface area contributed by atoms with Crippen LogP contribution in [0.2, 0.25) is 0 Å². The third kappa shape index (κ3) is 4.68. The summed E-state index contributed by atoms with van der Waals surface area (Å²) in [6, 6.07) is 4.90. The Morgan fingerprint density at radius 2 is 1.81 bits per heavy atom.